The maximum absolute atomic E-state index is 4.63. The van der Waals surface area contributed by atoms with Gasteiger partial charge < -0.3 is 5.32 Å². The van der Waals surface area contributed by atoms with Crippen LogP contribution in [0.15, 0.2) is 41.0 Å². The van der Waals surface area contributed by atoms with Crippen LogP contribution in [-0.2, 0) is 6.42 Å². The van der Waals surface area contributed by atoms with Crippen LogP contribution in [0.2, 0.25) is 0 Å². The molecule has 3 rings (SSSR count). The van der Waals surface area contributed by atoms with Crippen molar-refractivity contribution in [2.45, 2.75) is 31.7 Å². The van der Waals surface area contributed by atoms with Crippen LogP contribution < -0.4 is 5.32 Å². The molecule has 1 aliphatic carbocycles. The first-order valence-corrected chi connectivity index (χ1v) is 7.87. The minimum atomic E-state index is 0.333. The van der Waals surface area contributed by atoms with Crippen LogP contribution in [0, 0.1) is 6.92 Å². The minimum absolute atomic E-state index is 0.333. The fourth-order valence-corrected chi connectivity index (χ4v) is 3.81. The largest absolute Gasteiger partial charge is 0.312 e. The quantitative estimate of drug-likeness (QED) is 0.914. The zero-order valence-electron chi connectivity index (χ0n) is 11.9. The zero-order chi connectivity index (χ0) is 14.1. The molecule has 0 bridgehead atoms. The molecule has 2 atom stereocenters. The molecule has 0 spiro atoms. The summed E-state index contributed by atoms with van der Waals surface area (Å²) in [7, 11) is 2.05. The Morgan fingerprint density at radius 3 is 2.95 bits per heavy atom. The van der Waals surface area contributed by atoms with Crippen molar-refractivity contribution in [2.24, 2.45) is 0 Å². The van der Waals surface area contributed by atoms with Gasteiger partial charge in [0, 0.05) is 28.3 Å². The summed E-state index contributed by atoms with van der Waals surface area (Å²) in [5, 5.41) is 3.51. The van der Waals surface area contributed by atoms with Gasteiger partial charge in [-0.15, -0.1) is 0 Å². The van der Waals surface area contributed by atoms with E-state index < -0.39 is 0 Å². The van der Waals surface area contributed by atoms with E-state index in [1.807, 2.05) is 19.3 Å². The van der Waals surface area contributed by atoms with Crippen LogP contribution in [0.1, 0.15) is 40.8 Å². The normalized spacial score (nSPS) is 18.9. The molecule has 2 nitrogen and oxygen atoms in total. The number of benzene rings is 1. The molecule has 0 radical (unpaired) electrons. The lowest BCUT2D eigenvalue weighted by Crippen LogP contribution is -2.24. The van der Waals surface area contributed by atoms with E-state index in [4.69, 9.17) is 0 Å². The molecule has 1 aromatic heterocycles. The number of pyridine rings is 1. The zero-order valence-corrected chi connectivity index (χ0v) is 13.4. The smallest absolute Gasteiger partial charge is 0.0485 e. The Kier molecular flexibility index (Phi) is 3.90. The maximum Gasteiger partial charge on any atom is 0.0485 e. The van der Waals surface area contributed by atoms with Gasteiger partial charge in [0.2, 0.25) is 0 Å². The van der Waals surface area contributed by atoms with Gasteiger partial charge in [-0.3, -0.25) is 4.98 Å². The van der Waals surface area contributed by atoms with Gasteiger partial charge in [0.05, 0.1) is 0 Å². The van der Waals surface area contributed by atoms with Crippen LogP contribution in [0.4, 0.5) is 0 Å². The van der Waals surface area contributed by atoms with E-state index in [0.717, 1.165) is 10.9 Å². The molecule has 2 aromatic rings. The third-order valence-electron chi connectivity index (χ3n) is 4.28. The first kappa shape index (κ1) is 13.8. The molecule has 0 saturated heterocycles. The summed E-state index contributed by atoms with van der Waals surface area (Å²) in [5.41, 5.74) is 5.38. The van der Waals surface area contributed by atoms with E-state index in [-0.39, 0.29) is 0 Å². The lowest BCUT2D eigenvalue weighted by atomic mass is 9.88. The second-order valence-electron chi connectivity index (χ2n) is 5.46. The minimum Gasteiger partial charge on any atom is -0.312 e. The summed E-state index contributed by atoms with van der Waals surface area (Å²) >= 11 is 3.54. The van der Waals surface area contributed by atoms with Crippen molar-refractivity contribution in [3.8, 4) is 0 Å². The van der Waals surface area contributed by atoms with Crippen LogP contribution in [0.3, 0.4) is 0 Å². The average Bonchev–Trinajstić information content (AvgIpc) is 2.86. The number of hydrogen-bond acceptors (Lipinski definition) is 2. The first-order valence-electron chi connectivity index (χ1n) is 7.08. The van der Waals surface area contributed by atoms with Crippen LogP contribution >= 0.6 is 15.9 Å². The number of hydrogen-bond donors (Lipinski definition) is 1. The van der Waals surface area contributed by atoms with Crippen molar-refractivity contribution < 1.29 is 0 Å². The van der Waals surface area contributed by atoms with E-state index in [2.05, 4.69) is 57.4 Å². The Bertz CT molecular complexity index is 624. The summed E-state index contributed by atoms with van der Waals surface area (Å²) in [5.74, 6) is 0.469. The SMILES string of the molecule is CNC(c1ccc(Br)cc1C)C1CCc2cccnc21. The molecule has 0 amide bonds. The highest BCUT2D eigenvalue weighted by Gasteiger charge is 2.31. The van der Waals surface area contributed by atoms with E-state index in [1.54, 1.807) is 0 Å². The number of fused-ring (bicyclic) bond motifs is 1. The molecule has 1 aliphatic rings. The topological polar surface area (TPSA) is 24.9 Å². The van der Waals surface area contributed by atoms with Gasteiger partial charge in [0.15, 0.2) is 0 Å². The molecule has 1 heterocycles. The molecule has 0 aliphatic heterocycles. The summed E-state index contributed by atoms with van der Waals surface area (Å²) in [6.45, 7) is 2.18. The number of nitrogens with one attached hydrogen (secondary N) is 1. The van der Waals surface area contributed by atoms with Gasteiger partial charge in [-0.2, -0.15) is 0 Å². The Hall–Kier alpha value is -1.19. The molecule has 3 heteroatoms. The van der Waals surface area contributed by atoms with Crippen LogP contribution in [0.5, 0.6) is 0 Å². The molecule has 1 N–H and O–H groups in total. The van der Waals surface area contributed by atoms with Gasteiger partial charge in [0.25, 0.3) is 0 Å². The van der Waals surface area contributed by atoms with Gasteiger partial charge in [-0.1, -0.05) is 28.1 Å². The fourth-order valence-electron chi connectivity index (χ4n) is 3.33. The van der Waals surface area contributed by atoms with E-state index in [0.29, 0.717) is 12.0 Å². The number of nitrogens with zero attached hydrogens (tertiary/aromatic N) is 1. The van der Waals surface area contributed by atoms with Crippen molar-refractivity contribution in [3.63, 3.8) is 0 Å². The van der Waals surface area contributed by atoms with Gasteiger partial charge in [-0.25, -0.2) is 0 Å². The van der Waals surface area contributed by atoms with E-state index >= 15 is 0 Å². The second-order valence-corrected chi connectivity index (χ2v) is 6.38. The first-order chi connectivity index (χ1) is 9.70. The van der Waals surface area contributed by atoms with Crippen molar-refractivity contribution in [2.75, 3.05) is 7.05 Å². The standard InChI is InChI=1S/C17H19BrN2/c1-11-10-13(18)6-8-14(11)17(19-2)15-7-5-12-4-3-9-20-16(12)15/h3-4,6,8-10,15,17,19H,5,7H2,1-2H3. The van der Waals surface area contributed by atoms with Gasteiger partial charge in [-0.05, 0) is 61.7 Å². The third-order valence-corrected chi connectivity index (χ3v) is 4.78. The number of aryl methyl sites for hydroxylation is 2. The van der Waals surface area contributed by atoms with Gasteiger partial charge >= 0.3 is 0 Å². The Labute approximate surface area is 128 Å². The number of aromatic nitrogens is 1. The summed E-state index contributed by atoms with van der Waals surface area (Å²) in [6.07, 6.45) is 4.23. The second kappa shape index (κ2) is 5.66. The molecule has 0 fully saturated rings. The molecule has 2 unspecified atom stereocenters. The van der Waals surface area contributed by atoms with Crippen LogP contribution in [-0.4, -0.2) is 12.0 Å². The molecule has 104 valence electrons. The molecule has 0 saturated carbocycles. The average molecular weight is 331 g/mol. The maximum atomic E-state index is 4.63. The number of likely N-dealkylation sites (N-methyl/N-ethyl adjacent to an activating group) is 1. The molecular formula is C17H19BrN2. The fraction of sp³-hybridized carbons (Fsp3) is 0.353. The predicted octanol–water partition coefficient (Wildman–Crippen LogP) is 4.14. The highest BCUT2D eigenvalue weighted by atomic mass is 79.9. The number of rotatable bonds is 3. The molecule has 20 heavy (non-hydrogen) atoms. The molecular weight excluding hydrogens is 312 g/mol. The van der Waals surface area contributed by atoms with Crippen molar-refractivity contribution in [1.82, 2.24) is 10.3 Å². The third kappa shape index (κ3) is 2.40. The number of halogens is 1. The van der Waals surface area contributed by atoms with Crippen molar-refractivity contribution >= 4 is 15.9 Å². The van der Waals surface area contributed by atoms with E-state index in [9.17, 15) is 0 Å². The Balaban J connectivity index is 1.99. The van der Waals surface area contributed by atoms with Gasteiger partial charge in [0.1, 0.15) is 0 Å². The Morgan fingerprint density at radius 2 is 2.20 bits per heavy atom. The highest BCUT2D eigenvalue weighted by Crippen LogP contribution is 2.41. The van der Waals surface area contributed by atoms with Crippen molar-refractivity contribution in [3.05, 3.63) is 63.4 Å². The summed E-state index contributed by atoms with van der Waals surface area (Å²) in [4.78, 5) is 4.63. The van der Waals surface area contributed by atoms with Crippen molar-refractivity contribution in [1.29, 1.82) is 0 Å². The monoisotopic (exact) mass is 330 g/mol. The highest BCUT2D eigenvalue weighted by molar-refractivity contribution is 9.10. The lowest BCUT2D eigenvalue weighted by molar-refractivity contribution is 0.468. The van der Waals surface area contributed by atoms with E-state index in [1.165, 1.54) is 28.8 Å². The van der Waals surface area contributed by atoms with Crippen LogP contribution in [0.25, 0.3) is 0 Å². The summed E-state index contributed by atoms with van der Waals surface area (Å²) in [6, 6.07) is 11.1. The molecule has 1 aromatic carbocycles. The Morgan fingerprint density at radius 1 is 1.35 bits per heavy atom. The lowest BCUT2D eigenvalue weighted by Gasteiger charge is -2.25. The summed E-state index contributed by atoms with van der Waals surface area (Å²) < 4.78 is 1.14. The predicted molar refractivity (Wildman–Crippen MR) is 86.0 cm³/mol.